The van der Waals surface area contributed by atoms with Crippen molar-refractivity contribution in [1.29, 1.82) is 0 Å². The molecule has 8 nitrogen and oxygen atoms in total. The van der Waals surface area contributed by atoms with Crippen LogP contribution in [0.3, 0.4) is 0 Å². The van der Waals surface area contributed by atoms with Gasteiger partial charge in [0.2, 0.25) is 5.88 Å². The molecule has 1 N–H and O–H groups in total. The molecule has 0 saturated heterocycles. The van der Waals surface area contributed by atoms with Gasteiger partial charge in [-0.2, -0.15) is 0 Å². The van der Waals surface area contributed by atoms with Crippen molar-refractivity contribution in [2.45, 2.75) is 70.6 Å². The lowest BCUT2D eigenvalue weighted by atomic mass is 9.88. The van der Waals surface area contributed by atoms with Crippen LogP contribution in [0, 0.1) is 12.3 Å². The Bertz CT molecular complexity index is 1780. The van der Waals surface area contributed by atoms with E-state index in [0.717, 1.165) is 55.4 Å². The lowest BCUT2D eigenvalue weighted by Gasteiger charge is -2.24. The highest BCUT2D eigenvalue weighted by Gasteiger charge is 2.33. The lowest BCUT2D eigenvalue weighted by molar-refractivity contribution is -0.146. The number of carboxylic acids is 1. The Kier molecular flexibility index (Phi) is 9.30. The number of methoxy groups -OCH3 is 1. The van der Waals surface area contributed by atoms with Crippen LogP contribution in [-0.4, -0.2) is 44.2 Å². The molecule has 236 valence electrons. The van der Waals surface area contributed by atoms with Crippen molar-refractivity contribution in [3.05, 3.63) is 89.6 Å². The maximum atomic E-state index is 12.3. The average molecular weight is 628 g/mol. The van der Waals surface area contributed by atoms with Crippen molar-refractivity contribution >= 4 is 28.6 Å². The number of ether oxygens (including phenoxy) is 2. The molecule has 0 amide bonds. The van der Waals surface area contributed by atoms with Gasteiger partial charge in [-0.15, -0.1) is 11.8 Å². The van der Waals surface area contributed by atoms with Gasteiger partial charge in [0.05, 0.1) is 24.8 Å². The predicted octanol–water partition coefficient (Wildman–Crippen LogP) is 8.22. The van der Waals surface area contributed by atoms with Crippen molar-refractivity contribution in [2.24, 2.45) is 5.41 Å². The maximum Gasteiger partial charge on any atom is 0.309 e. The Morgan fingerprint density at radius 2 is 1.73 bits per heavy atom. The number of hydrogen-bond donors (Lipinski definition) is 1. The van der Waals surface area contributed by atoms with Crippen molar-refractivity contribution in [2.75, 3.05) is 13.7 Å². The highest BCUT2D eigenvalue weighted by Crippen LogP contribution is 2.44. The topological polar surface area (TPSA) is 99.6 Å². The van der Waals surface area contributed by atoms with Crippen LogP contribution in [0.4, 0.5) is 0 Å². The standard InChI is InChI=1S/C36H41N3O5S/c1-23-18-27(38-44-23)16-17-43-28-13-14-30-29(19-28)33(45-35(2,3)4)31(20-36(5,6)34(40)41)39(30)22-24-8-10-25(11-9-24)26-12-15-32(42-7)37-21-26/h8-15,18-19,21H,16-17,20,22H2,1-7H3,(H,40,41). The highest BCUT2D eigenvalue weighted by atomic mass is 32.2. The van der Waals surface area contributed by atoms with Crippen molar-refractivity contribution < 1.29 is 23.9 Å². The fourth-order valence-corrected chi connectivity index (χ4v) is 6.37. The summed E-state index contributed by atoms with van der Waals surface area (Å²) >= 11 is 1.77. The summed E-state index contributed by atoms with van der Waals surface area (Å²) in [5.41, 5.74) is 5.13. The lowest BCUT2D eigenvalue weighted by Crippen LogP contribution is -2.28. The van der Waals surface area contributed by atoms with E-state index in [0.29, 0.717) is 31.9 Å². The molecule has 0 atom stereocenters. The molecular weight excluding hydrogens is 586 g/mol. The molecule has 3 heterocycles. The number of fused-ring (bicyclic) bond motifs is 1. The first-order valence-corrected chi connectivity index (χ1v) is 15.9. The van der Waals surface area contributed by atoms with E-state index in [2.05, 4.69) is 71.9 Å². The van der Waals surface area contributed by atoms with Gasteiger partial charge in [0.1, 0.15) is 11.5 Å². The number of nitrogens with zero attached hydrogens (tertiary/aromatic N) is 3. The van der Waals surface area contributed by atoms with E-state index < -0.39 is 11.4 Å². The van der Waals surface area contributed by atoms with E-state index in [1.165, 1.54) is 0 Å². The summed E-state index contributed by atoms with van der Waals surface area (Å²) < 4.78 is 18.7. The number of pyridine rings is 1. The van der Waals surface area contributed by atoms with E-state index in [1.54, 1.807) is 32.7 Å². The zero-order chi connectivity index (χ0) is 32.4. The maximum absolute atomic E-state index is 12.3. The zero-order valence-electron chi connectivity index (χ0n) is 27.0. The number of aryl methyl sites for hydroxylation is 1. The van der Waals surface area contributed by atoms with Gasteiger partial charge in [-0.25, -0.2) is 4.98 Å². The van der Waals surface area contributed by atoms with Gasteiger partial charge in [-0.1, -0.05) is 50.2 Å². The molecule has 0 fully saturated rings. The number of benzene rings is 2. The quantitative estimate of drug-likeness (QED) is 0.138. The largest absolute Gasteiger partial charge is 0.493 e. The van der Waals surface area contributed by atoms with Crippen LogP contribution in [0.5, 0.6) is 11.6 Å². The Morgan fingerprint density at radius 3 is 2.33 bits per heavy atom. The third-order valence-electron chi connectivity index (χ3n) is 7.57. The molecule has 0 aliphatic rings. The predicted molar refractivity (Wildman–Crippen MR) is 178 cm³/mol. The van der Waals surface area contributed by atoms with Gasteiger partial charge in [0.25, 0.3) is 0 Å². The van der Waals surface area contributed by atoms with Gasteiger partial charge in [-0.3, -0.25) is 4.79 Å². The molecule has 2 aromatic carbocycles. The fraction of sp³-hybridized carbons (Fsp3) is 0.361. The number of aromatic nitrogens is 3. The summed E-state index contributed by atoms with van der Waals surface area (Å²) in [4.78, 5) is 17.8. The van der Waals surface area contributed by atoms with Crippen LogP contribution in [0.2, 0.25) is 0 Å². The first-order valence-electron chi connectivity index (χ1n) is 15.0. The molecule has 0 spiro atoms. The van der Waals surface area contributed by atoms with E-state index in [9.17, 15) is 9.90 Å². The van der Waals surface area contributed by atoms with Gasteiger partial charge >= 0.3 is 5.97 Å². The Balaban J connectivity index is 1.53. The van der Waals surface area contributed by atoms with Crippen LogP contribution in [0.1, 0.15) is 57.3 Å². The molecule has 45 heavy (non-hydrogen) atoms. The average Bonchev–Trinajstić information content (AvgIpc) is 3.52. The third-order valence-corrected chi connectivity index (χ3v) is 8.84. The third kappa shape index (κ3) is 7.71. The number of hydrogen-bond acceptors (Lipinski definition) is 7. The summed E-state index contributed by atoms with van der Waals surface area (Å²) in [6, 6.07) is 20.4. The molecule has 0 radical (unpaired) electrons. The van der Waals surface area contributed by atoms with Crippen LogP contribution in [0.25, 0.3) is 22.0 Å². The first kappa shape index (κ1) is 32.2. The molecule has 0 aliphatic heterocycles. The molecule has 0 bridgehead atoms. The molecule has 0 aliphatic carbocycles. The van der Waals surface area contributed by atoms with Crippen molar-refractivity contribution in [3.8, 4) is 22.8 Å². The second-order valence-electron chi connectivity index (χ2n) is 12.9. The SMILES string of the molecule is COc1ccc(-c2ccc(Cn3c(CC(C)(C)C(=O)O)c(SC(C)(C)C)c4cc(OCCc5cc(C)on5)ccc43)cc2)cn1. The van der Waals surface area contributed by atoms with E-state index in [-0.39, 0.29) is 4.75 Å². The summed E-state index contributed by atoms with van der Waals surface area (Å²) in [6.45, 7) is 13.1. The number of carbonyl (C=O) groups is 1. The summed E-state index contributed by atoms with van der Waals surface area (Å²) in [5, 5.41) is 15.3. The smallest absolute Gasteiger partial charge is 0.309 e. The monoisotopic (exact) mass is 627 g/mol. The number of rotatable bonds is 12. The molecule has 3 aromatic heterocycles. The van der Waals surface area contributed by atoms with Gasteiger partial charge in [-0.05, 0) is 56.2 Å². The minimum Gasteiger partial charge on any atom is -0.493 e. The number of carboxylic acid groups (broad SMARTS) is 1. The molecular formula is C36H41N3O5S. The number of aliphatic carboxylic acids is 1. The van der Waals surface area contributed by atoms with Crippen LogP contribution in [-0.2, 0) is 24.2 Å². The van der Waals surface area contributed by atoms with Crippen LogP contribution < -0.4 is 9.47 Å². The van der Waals surface area contributed by atoms with Gasteiger partial charge < -0.3 is 23.7 Å². The molecule has 0 saturated carbocycles. The Morgan fingerprint density at radius 1 is 1.00 bits per heavy atom. The van der Waals surface area contributed by atoms with E-state index in [4.69, 9.17) is 14.0 Å². The van der Waals surface area contributed by atoms with Gasteiger partial charge in [0, 0.05) is 69.5 Å². The van der Waals surface area contributed by atoms with Crippen molar-refractivity contribution in [3.63, 3.8) is 0 Å². The highest BCUT2D eigenvalue weighted by molar-refractivity contribution is 8.00. The fourth-order valence-electron chi connectivity index (χ4n) is 5.18. The normalized spacial score (nSPS) is 12.1. The molecule has 5 rings (SSSR count). The molecule has 0 unspecified atom stereocenters. The van der Waals surface area contributed by atoms with Gasteiger partial charge in [0.15, 0.2) is 0 Å². The summed E-state index contributed by atoms with van der Waals surface area (Å²) in [7, 11) is 1.61. The van der Waals surface area contributed by atoms with E-state index in [1.807, 2.05) is 37.4 Å². The second-order valence-corrected chi connectivity index (χ2v) is 14.8. The molecule has 9 heteroatoms. The van der Waals surface area contributed by atoms with Crippen molar-refractivity contribution in [1.82, 2.24) is 14.7 Å². The Labute approximate surface area is 268 Å². The second kappa shape index (κ2) is 13.0. The molecule has 5 aromatic rings. The first-order chi connectivity index (χ1) is 21.3. The zero-order valence-corrected chi connectivity index (χ0v) is 27.8. The minimum absolute atomic E-state index is 0.100. The number of thioether (sulfide) groups is 1. The minimum atomic E-state index is -0.959. The van der Waals surface area contributed by atoms with Crippen LogP contribution in [0.15, 0.2) is 76.3 Å². The summed E-state index contributed by atoms with van der Waals surface area (Å²) in [5.74, 6) is 1.29. The summed E-state index contributed by atoms with van der Waals surface area (Å²) in [6.07, 6.45) is 2.83. The van der Waals surface area contributed by atoms with E-state index >= 15 is 0 Å². The van der Waals surface area contributed by atoms with Crippen LogP contribution >= 0.6 is 11.8 Å². The Hall–Kier alpha value is -4.24.